The number of amides is 1. The maximum absolute atomic E-state index is 12.7. The molecule has 1 heterocycles. The maximum atomic E-state index is 12.7. The first-order valence-electron chi connectivity index (χ1n) is 8.87. The average molecular weight is 428 g/mol. The van der Waals surface area contributed by atoms with Gasteiger partial charge in [0.25, 0.3) is 5.91 Å². The van der Waals surface area contributed by atoms with Crippen LogP contribution in [0.4, 0.5) is 13.2 Å². The van der Waals surface area contributed by atoms with Crippen molar-refractivity contribution < 1.29 is 31.1 Å². The second kappa shape index (κ2) is 8.42. The molecule has 10 heteroatoms. The number of hydrogen-bond acceptors (Lipinski definition) is 4. The van der Waals surface area contributed by atoms with E-state index in [1.54, 1.807) is 24.3 Å². The van der Waals surface area contributed by atoms with Crippen molar-refractivity contribution in [1.82, 2.24) is 9.62 Å². The van der Waals surface area contributed by atoms with E-state index in [0.29, 0.717) is 18.4 Å². The quantitative estimate of drug-likeness (QED) is 0.794. The molecule has 3 rings (SSSR count). The molecule has 0 aliphatic carbocycles. The number of carbonyl (C=O) groups excluding carboxylic acids is 1. The summed E-state index contributed by atoms with van der Waals surface area (Å²) in [5.74, 6) is -0.703. The van der Waals surface area contributed by atoms with Gasteiger partial charge in [-0.3, -0.25) is 4.79 Å². The predicted octanol–water partition coefficient (Wildman–Crippen LogP) is 3.17. The van der Waals surface area contributed by atoms with Gasteiger partial charge in [0.2, 0.25) is 10.0 Å². The Morgan fingerprint density at radius 2 is 1.59 bits per heavy atom. The van der Waals surface area contributed by atoms with Crippen LogP contribution in [0.1, 0.15) is 23.2 Å². The zero-order valence-corrected chi connectivity index (χ0v) is 16.0. The van der Waals surface area contributed by atoms with Crippen LogP contribution in [-0.2, 0) is 10.0 Å². The molecule has 156 valence electrons. The lowest BCUT2D eigenvalue weighted by molar-refractivity contribution is -0.274. The minimum absolute atomic E-state index is 0.112. The minimum Gasteiger partial charge on any atom is -0.406 e. The molecule has 0 unspecified atom stereocenters. The molecule has 0 spiro atoms. The third-order valence-corrected chi connectivity index (χ3v) is 6.43. The van der Waals surface area contributed by atoms with Crippen LogP contribution in [0.25, 0.3) is 0 Å². The summed E-state index contributed by atoms with van der Waals surface area (Å²) in [7, 11) is -3.84. The van der Waals surface area contributed by atoms with E-state index < -0.39 is 22.1 Å². The molecule has 0 atom stereocenters. The Hall–Kier alpha value is -2.59. The molecule has 1 amide bonds. The molecular weight excluding hydrogens is 409 g/mol. The van der Waals surface area contributed by atoms with Crippen molar-refractivity contribution in [3.8, 4) is 5.75 Å². The number of halogens is 3. The van der Waals surface area contributed by atoms with Gasteiger partial charge >= 0.3 is 6.36 Å². The molecule has 2 aromatic rings. The van der Waals surface area contributed by atoms with E-state index in [1.807, 2.05) is 6.07 Å². The molecular formula is C19H19F3N2O4S. The Kier molecular flexibility index (Phi) is 6.13. The zero-order valence-electron chi connectivity index (χ0n) is 15.2. The van der Waals surface area contributed by atoms with Crippen LogP contribution in [0.2, 0.25) is 0 Å². The number of sulfonamides is 1. The first kappa shape index (κ1) is 21.1. The van der Waals surface area contributed by atoms with Crippen molar-refractivity contribution in [2.45, 2.75) is 30.1 Å². The molecule has 29 heavy (non-hydrogen) atoms. The Bertz CT molecular complexity index is 940. The number of carbonyl (C=O) groups is 1. The molecule has 1 aliphatic heterocycles. The van der Waals surface area contributed by atoms with Crippen molar-refractivity contribution in [2.75, 3.05) is 13.1 Å². The lowest BCUT2D eigenvalue weighted by Gasteiger charge is -2.31. The predicted molar refractivity (Wildman–Crippen MR) is 98.8 cm³/mol. The third-order valence-electron chi connectivity index (χ3n) is 4.52. The van der Waals surface area contributed by atoms with Crippen molar-refractivity contribution in [2.24, 2.45) is 0 Å². The summed E-state index contributed by atoms with van der Waals surface area (Å²) in [5, 5.41) is 2.89. The van der Waals surface area contributed by atoms with Crippen LogP contribution in [0.3, 0.4) is 0 Å². The third kappa shape index (κ3) is 5.48. The highest BCUT2D eigenvalue weighted by Gasteiger charge is 2.32. The number of hydrogen-bond donors (Lipinski definition) is 1. The Balaban J connectivity index is 1.59. The van der Waals surface area contributed by atoms with Gasteiger partial charge in [0, 0.05) is 24.7 Å². The molecule has 1 fully saturated rings. The topological polar surface area (TPSA) is 75.7 Å². The number of nitrogens with one attached hydrogen (secondary N) is 1. The minimum atomic E-state index is -4.84. The van der Waals surface area contributed by atoms with Gasteiger partial charge in [0.1, 0.15) is 5.75 Å². The smallest absolute Gasteiger partial charge is 0.406 e. The second-order valence-corrected chi connectivity index (χ2v) is 8.47. The normalized spacial score (nSPS) is 16.4. The summed E-state index contributed by atoms with van der Waals surface area (Å²) in [6.45, 7) is 0.395. The lowest BCUT2D eigenvalue weighted by Crippen LogP contribution is -2.46. The summed E-state index contributed by atoms with van der Waals surface area (Å²) in [5.41, 5.74) is 0.531. The summed E-state index contributed by atoms with van der Waals surface area (Å²) in [4.78, 5) is 12.1. The summed E-state index contributed by atoms with van der Waals surface area (Å²) >= 11 is 0. The van der Waals surface area contributed by atoms with E-state index in [0.717, 1.165) is 24.3 Å². The molecule has 1 N–H and O–H groups in total. The number of benzene rings is 2. The van der Waals surface area contributed by atoms with Crippen molar-refractivity contribution in [3.63, 3.8) is 0 Å². The highest BCUT2D eigenvalue weighted by molar-refractivity contribution is 7.89. The number of piperidine rings is 1. The van der Waals surface area contributed by atoms with Crippen molar-refractivity contribution in [1.29, 1.82) is 0 Å². The van der Waals surface area contributed by atoms with E-state index in [1.165, 1.54) is 4.31 Å². The molecule has 1 aliphatic rings. The van der Waals surface area contributed by atoms with Gasteiger partial charge in [0.15, 0.2) is 0 Å². The van der Waals surface area contributed by atoms with Gasteiger partial charge in [-0.15, -0.1) is 13.2 Å². The maximum Gasteiger partial charge on any atom is 0.573 e. The number of rotatable bonds is 5. The SMILES string of the molecule is O=C(NC1CCN(S(=O)(=O)c2ccc(OC(F)(F)F)cc2)CC1)c1ccccc1. The first-order chi connectivity index (χ1) is 13.6. The first-order valence-corrected chi connectivity index (χ1v) is 10.3. The Morgan fingerprint density at radius 1 is 1.00 bits per heavy atom. The summed E-state index contributed by atoms with van der Waals surface area (Å²) in [6.07, 6.45) is -3.97. The van der Waals surface area contributed by atoms with Crippen LogP contribution in [0.5, 0.6) is 5.75 Å². The standard InChI is InChI=1S/C19H19F3N2O4S/c20-19(21,22)28-16-6-8-17(9-7-16)29(26,27)24-12-10-15(11-13-24)23-18(25)14-4-2-1-3-5-14/h1-9,15H,10-13H2,(H,23,25). The van der Waals surface area contributed by atoms with E-state index in [2.05, 4.69) is 10.1 Å². The zero-order chi connectivity index (χ0) is 21.1. The Morgan fingerprint density at radius 3 is 2.14 bits per heavy atom. The summed E-state index contributed by atoms with van der Waals surface area (Å²) in [6, 6.07) is 12.7. The van der Waals surface area contributed by atoms with Crippen molar-refractivity contribution in [3.05, 3.63) is 60.2 Å². The number of nitrogens with zero attached hydrogens (tertiary/aromatic N) is 1. The second-order valence-electron chi connectivity index (χ2n) is 6.54. The van der Waals surface area contributed by atoms with E-state index in [9.17, 15) is 26.4 Å². The van der Waals surface area contributed by atoms with E-state index in [4.69, 9.17) is 0 Å². The highest BCUT2D eigenvalue weighted by Crippen LogP contribution is 2.26. The van der Waals surface area contributed by atoms with Crippen LogP contribution < -0.4 is 10.1 Å². The van der Waals surface area contributed by atoms with Gasteiger partial charge in [-0.1, -0.05) is 18.2 Å². The molecule has 0 saturated carbocycles. The fourth-order valence-electron chi connectivity index (χ4n) is 3.06. The lowest BCUT2D eigenvalue weighted by atomic mass is 10.1. The average Bonchev–Trinajstić information content (AvgIpc) is 2.68. The van der Waals surface area contributed by atoms with Crippen LogP contribution in [-0.4, -0.2) is 44.1 Å². The Labute approximate surface area is 166 Å². The molecule has 6 nitrogen and oxygen atoms in total. The number of alkyl halides is 3. The van der Waals surface area contributed by atoms with Gasteiger partial charge in [-0.25, -0.2) is 8.42 Å². The molecule has 0 aromatic heterocycles. The fourth-order valence-corrected chi connectivity index (χ4v) is 4.53. The fraction of sp³-hybridized carbons (Fsp3) is 0.316. The van der Waals surface area contributed by atoms with E-state index >= 15 is 0 Å². The highest BCUT2D eigenvalue weighted by atomic mass is 32.2. The van der Waals surface area contributed by atoms with Crippen molar-refractivity contribution >= 4 is 15.9 Å². The van der Waals surface area contributed by atoms with Gasteiger partial charge in [0.05, 0.1) is 4.90 Å². The van der Waals surface area contributed by atoms with Gasteiger partial charge in [-0.2, -0.15) is 4.31 Å². The van der Waals surface area contributed by atoms with Gasteiger partial charge in [-0.05, 0) is 49.2 Å². The molecule has 1 saturated heterocycles. The monoisotopic (exact) mass is 428 g/mol. The van der Waals surface area contributed by atoms with Gasteiger partial charge < -0.3 is 10.1 Å². The molecule has 0 radical (unpaired) electrons. The van der Waals surface area contributed by atoms with Crippen LogP contribution >= 0.6 is 0 Å². The van der Waals surface area contributed by atoms with Crippen LogP contribution in [0.15, 0.2) is 59.5 Å². The molecule has 0 bridgehead atoms. The molecule has 2 aromatic carbocycles. The summed E-state index contributed by atoms with van der Waals surface area (Å²) < 4.78 is 67.1. The van der Waals surface area contributed by atoms with Crippen LogP contribution in [0, 0.1) is 0 Å². The number of ether oxygens (including phenoxy) is 1. The van der Waals surface area contributed by atoms with E-state index in [-0.39, 0.29) is 29.9 Å². The largest absolute Gasteiger partial charge is 0.573 e.